The summed E-state index contributed by atoms with van der Waals surface area (Å²) in [4.78, 5) is 23.9. The highest BCUT2D eigenvalue weighted by Crippen LogP contribution is 2.25. The van der Waals surface area contributed by atoms with E-state index in [9.17, 15) is 9.59 Å². The number of alkyl halides is 1. The highest BCUT2D eigenvalue weighted by molar-refractivity contribution is 6.29. The molecule has 1 aromatic rings. The Balaban J connectivity index is 3.25. The van der Waals surface area contributed by atoms with E-state index >= 15 is 0 Å². The fourth-order valence-electron chi connectivity index (χ4n) is 1.86. The van der Waals surface area contributed by atoms with Gasteiger partial charge in [-0.3, -0.25) is 4.79 Å². The molecule has 0 spiro atoms. The van der Waals surface area contributed by atoms with Crippen molar-refractivity contribution >= 4 is 29.5 Å². The van der Waals surface area contributed by atoms with E-state index in [4.69, 9.17) is 11.6 Å². The zero-order valence-corrected chi connectivity index (χ0v) is 10.8. The van der Waals surface area contributed by atoms with E-state index in [-0.39, 0.29) is 18.3 Å². The first-order valence-electron chi connectivity index (χ1n) is 5.54. The van der Waals surface area contributed by atoms with Crippen molar-refractivity contribution < 1.29 is 9.59 Å². The van der Waals surface area contributed by atoms with Gasteiger partial charge in [-0.1, -0.05) is 25.1 Å². The second-order valence-corrected chi connectivity index (χ2v) is 4.01. The normalized spacial score (nSPS) is 10.1. The summed E-state index contributed by atoms with van der Waals surface area (Å²) < 4.78 is 0. The van der Waals surface area contributed by atoms with Gasteiger partial charge in [-0.15, -0.1) is 11.6 Å². The summed E-state index contributed by atoms with van der Waals surface area (Å²) in [5, 5.41) is 0. The third-order valence-corrected chi connectivity index (χ3v) is 2.87. The van der Waals surface area contributed by atoms with Crippen molar-refractivity contribution in [1.82, 2.24) is 0 Å². The molecule has 1 rings (SSSR count). The van der Waals surface area contributed by atoms with Crippen molar-refractivity contribution in [3.8, 4) is 0 Å². The number of nitrogens with zero attached hydrogens (tertiary/aromatic N) is 1. The van der Waals surface area contributed by atoms with Gasteiger partial charge in [0.2, 0.25) is 5.91 Å². The zero-order chi connectivity index (χ0) is 12.8. The largest absolute Gasteiger partial charge is 0.304 e. The molecular weight excluding hydrogens is 238 g/mol. The van der Waals surface area contributed by atoms with Gasteiger partial charge in [0.05, 0.1) is 12.2 Å². The molecule has 0 N–H and O–H groups in total. The van der Waals surface area contributed by atoms with Gasteiger partial charge in [-0.05, 0) is 24.5 Å². The van der Waals surface area contributed by atoms with Gasteiger partial charge in [0.1, 0.15) is 12.2 Å². The zero-order valence-electron chi connectivity index (χ0n) is 10.1. The predicted octanol–water partition coefficient (Wildman–Crippen LogP) is 2.33. The number of aldehydes is 1. The lowest BCUT2D eigenvalue weighted by molar-refractivity contribution is -0.117. The van der Waals surface area contributed by atoms with Crippen molar-refractivity contribution in [2.24, 2.45) is 0 Å². The molecule has 0 bridgehead atoms. The van der Waals surface area contributed by atoms with E-state index in [0.717, 1.165) is 29.5 Å². The van der Waals surface area contributed by atoms with Gasteiger partial charge >= 0.3 is 0 Å². The molecule has 0 fully saturated rings. The lowest BCUT2D eigenvalue weighted by Gasteiger charge is -2.24. The number of anilines is 1. The molecule has 0 aliphatic carbocycles. The van der Waals surface area contributed by atoms with Gasteiger partial charge in [-0.2, -0.15) is 0 Å². The number of hydrogen-bond donors (Lipinski definition) is 0. The fraction of sp³-hybridized carbons (Fsp3) is 0.385. The molecule has 0 atom stereocenters. The second-order valence-electron chi connectivity index (χ2n) is 3.74. The van der Waals surface area contributed by atoms with Gasteiger partial charge in [0, 0.05) is 0 Å². The number of halogens is 1. The topological polar surface area (TPSA) is 37.4 Å². The monoisotopic (exact) mass is 253 g/mol. The van der Waals surface area contributed by atoms with Gasteiger partial charge in [0.15, 0.2) is 0 Å². The molecule has 0 aliphatic heterocycles. The van der Waals surface area contributed by atoms with Crippen LogP contribution in [0.1, 0.15) is 18.1 Å². The first-order valence-corrected chi connectivity index (χ1v) is 6.07. The molecule has 1 aromatic carbocycles. The van der Waals surface area contributed by atoms with Crippen molar-refractivity contribution in [3.05, 3.63) is 29.3 Å². The summed E-state index contributed by atoms with van der Waals surface area (Å²) in [6.45, 7) is 3.99. The van der Waals surface area contributed by atoms with Crippen LogP contribution < -0.4 is 4.90 Å². The molecule has 3 nitrogen and oxygen atoms in total. The van der Waals surface area contributed by atoms with Crippen LogP contribution in [0.5, 0.6) is 0 Å². The Morgan fingerprint density at radius 3 is 2.71 bits per heavy atom. The van der Waals surface area contributed by atoms with Gasteiger partial charge < -0.3 is 9.69 Å². The van der Waals surface area contributed by atoms with E-state index in [0.29, 0.717) is 0 Å². The van der Waals surface area contributed by atoms with Crippen molar-refractivity contribution in [3.63, 3.8) is 0 Å². The molecule has 17 heavy (non-hydrogen) atoms. The van der Waals surface area contributed by atoms with Crippen molar-refractivity contribution in [2.75, 3.05) is 17.3 Å². The molecule has 0 heterocycles. The Hall–Kier alpha value is -1.35. The van der Waals surface area contributed by atoms with Crippen LogP contribution in [0.15, 0.2) is 18.2 Å². The van der Waals surface area contributed by atoms with Crippen LogP contribution in [0, 0.1) is 6.92 Å². The van der Waals surface area contributed by atoms with Crippen LogP contribution >= 0.6 is 11.6 Å². The summed E-state index contributed by atoms with van der Waals surface area (Å²) in [5.74, 6) is -0.367. The van der Waals surface area contributed by atoms with Crippen LogP contribution in [0.4, 0.5) is 5.69 Å². The Morgan fingerprint density at radius 2 is 2.18 bits per heavy atom. The lowest BCUT2D eigenvalue weighted by Crippen LogP contribution is -2.34. The van der Waals surface area contributed by atoms with Crippen molar-refractivity contribution in [2.45, 2.75) is 20.3 Å². The highest BCUT2D eigenvalue weighted by Gasteiger charge is 2.18. The van der Waals surface area contributed by atoms with Crippen LogP contribution in [-0.4, -0.2) is 24.6 Å². The van der Waals surface area contributed by atoms with Gasteiger partial charge in [-0.25, -0.2) is 0 Å². The molecule has 1 amide bonds. The minimum Gasteiger partial charge on any atom is -0.304 e. The molecular formula is C13H16ClNO2. The standard InChI is InChI=1S/C13H16ClNO2/c1-3-11-6-4-5-10(2)13(11)15(7-8-16)12(17)9-14/h4-6,8H,3,7,9H2,1-2H3. The SMILES string of the molecule is CCc1cccc(C)c1N(CC=O)C(=O)CCl. The summed E-state index contributed by atoms with van der Waals surface area (Å²) in [5.41, 5.74) is 2.84. The summed E-state index contributed by atoms with van der Waals surface area (Å²) in [6, 6.07) is 5.83. The Bertz CT molecular complexity index is 418. The molecule has 0 aliphatic rings. The number of carbonyl (C=O) groups is 2. The van der Waals surface area contributed by atoms with Gasteiger partial charge in [0.25, 0.3) is 0 Å². The van der Waals surface area contributed by atoms with E-state index in [1.165, 1.54) is 4.90 Å². The molecule has 0 unspecified atom stereocenters. The Kier molecular flexibility index (Phi) is 5.16. The number of rotatable bonds is 5. The van der Waals surface area contributed by atoms with Crippen molar-refractivity contribution in [1.29, 1.82) is 0 Å². The average Bonchev–Trinajstić information content (AvgIpc) is 2.35. The number of benzene rings is 1. The highest BCUT2D eigenvalue weighted by atomic mass is 35.5. The lowest BCUT2D eigenvalue weighted by atomic mass is 10.0. The number of amides is 1. The minimum atomic E-state index is -0.247. The second kappa shape index (κ2) is 6.40. The smallest absolute Gasteiger partial charge is 0.242 e. The Labute approximate surface area is 106 Å². The maximum Gasteiger partial charge on any atom is 0.242 e. The summed E-state index contributed by atoms with van der Waals surface area (Å²) >= 11 is 5.57. The number of aryl methyl sites for hydroxylation is 2. The Morgan fingerprint density at radius 1 is 1.47 bits per heavy atom. The number of carbonyl (C=O) groups excluding carboxylic acids is 2. The average molecular weight is 254 g/mol. The van der Waals surface area contributed by atoms with E-state index in [1.54, 1.807) is 0 Å². The first-order chi connectivity index (χ1) is 8.15. The molecule has 4 heteroatoms. The number of hydrogen-bond acceptors (Lipinski definition) is 2. The quantitative estimate of drug-likeness (QED) is 0.597. The molecule has 0 radical (unpaired) electrons. The van der Waals surface area contributed by atoms with E-state index in [2.05, 4.69) is 0 Å². The first kappa shape index (κ1) is 13.7. The molecule has 0 saturated carbocycles. The van der Waals surface area contributed by atoms with E-state index in [1.807, 2.05) is 32.0 Å². The third-order valence-electron chi connectivity index (χ3n) is 2.64. The molecule has 0 aromatic heterocycles. The maximum atomic E-state index is 11.8. The summed E-state index contributed by atoms with van der Waals surface area (Å²) in [6.07, 6.45) is 1.53. The van der Waals surface area contributed by atoms with Crippen LogP contribution in [0.25, 0.3) is 0 Å². The van der Waals surface area contributed by atoms with Crippen LogP contribution in [0.3, 0.4) is 0 Å². The van der Waals surface area contributed by atoms with Crippen LogP contribution in [0.2, 0.25) is 0 Å². The fourth-order valence-corrected chi connectivity index (χ4v) is 2.00. The summed E-state index contributed by atoms with van der Waals surface area (Å²) in [7, 11) is 0. The minimum absolute atomic E-state index is 0.0450. The third kappa shape index (κ3) is 3.07. The number of para-hydroxylation sites is 1. The van der Waals surface area contributed by atoms with E-state index < -0.39 is 0 Å². The maximum absolute atomic E-state index is 11.8. The molecule has 92 valence electrons. The molecule has 0 saturated heterocycles. The predicted molar refractivity (Wildman–Crippen MR) is 69.7 cm³/mol. The van der Waals surface area contributed by atoms with Crippen LogP contribution in [-0.2, 0) is 16.0 Å².